The van der Waals surface area contributed by atoms with Gasteiger partial charge in [-0.05, 0) is 18.9 Å². The van der Waals surface area contributed by atoms with Crippen molar-refractivity contribution in [3.8, 4) is 0 Å². The lowest BCUT2D eigenvalue weighted by Gasteiger charge is -2.31. The highest BCUT2D eigenvalue weighted by molar-refractivity contribution is 5.71. The van der Waals surface area contributed by atoms with Crippen LogP contribution >= 0.6 is 0 Å². The zero-order valence-electron chi connectivity index (χ0n) is 9.65. The summed E-state index contributed by atoms with van der Waals surface area (Å²) in [7, 11) is 0. The predicted octanol–water partition coefficient (Wildman–Crippen LogP) is 1.29. The topological polar surface area (TPSA) is 96.6 Å². The summed E-state index contributed by atoms with van der Waals surface area (Å²) >= 11 is 0. The lowest BCUT2D eigenvalue weighted by atomic mass is 9.97. The summed E-state index contributed by atoms with van der Waals surface area (Å²) in [5.74, 6) is -1.14. The first kappa shape index (κ1) is 12.3. The zero-order valence-corrected chi connectivity index (χ0v) is 9.65. The molecule has 0 aromatic carbocycles. The number of aliphatic carboxylic acids is 1. The van der Waals surface area contributed by atoms with E-state index in [0.717, 1.165) is 0 Å². The van der Waals surface area contributed by atoms with E-state index >= 15 is 0 Å². The van der Waals surface area contributed by atoms with Gasteiger partial charge in [-0.1, -0.05) is 0 Å². The molecule has 7 nitrogen and oxygen atoms in total. The lowest BCUT2D eigenvalue weighted by molar-refractivity contribution is -0.384. The van der Waals surface area contributed by atoms with Crippen LogP contribution in [0.5, 0.6) is 0 Å². The molecule has 18 heavy (non-hydrogen) atoms. The van der Waals surface area contributed by atoms with Crippen molar-refractivity contribution in [3.63, 3.8) is 0 Å². The molecule has 1 aromatic rings. The van der Waals surface area contributed by atoms with Crippen LogP contribution in [0.25, 0.3) is 0 Å². The monoisotopic (exact) mass is 251 g/mol. The average molecular weight is 251 g/mol. The van der Waals surface area contributed by atoms with Crippen molar-refractivity contribution < 1.29 is 14.8 Å². The first-order valence-electron chi connectivity index (χ1n) is 5.65. The summed E-state index contributed by atoms with van der Waals surface area (Å²) in [5.41, 5.74) is 0.477. The highest BCUT2D eigenvalue weighted by Gasteiger charge is 2.27. The van der Waals surface area contributed by atoms with E-state index in [-0.39, 0.29) is 11.6 Å². The molecule has 0 unspecified atom stereocenters. The number of pyridine rings is 1. The smallest absolute Gasteiger partial charge is 0.310 e. The van der Waals surface area contributed by atoms with Gasteiger partial charge < -0.3 is 10.0 Å². The zero-order chi connectivity index (χ0) is 13.1. The van der Waals surface area contributed by atoms with Gasteiger partial charge in [0.1, 0.15) is 11.9 Å². The minimum Gasteiger partial charge on any atom is -0.481 e. The molecule has 0 aliphatic carbocycles. The summed E-state index contributed by atoms with van der Waals surface area (Å²) in [4.78, 5) is 26.8. The fourth-order valence-electron chi connectivity index (χ4n) is 2.15. The van der Waals surface area contributed by atoms with E-state index in [1.165, 1.54) is 12.4 Å². The summed E-state index contributed by atoms with van der Waals surface area (Å²) in [5, 5.41) is 19.8. The number of aromatic nitrogens is 1. The standard InChI is InChI=1S/C11H13N3O4/c15-11(16)8-2-5-13(6-3-8)9-1-4-12-7-10(9)14(17)18/h1,4,7-8H,2-3,5-6H2,(H,15,16). The fourth-order valence-corrected chi connectivity index (χ4v) is 2.15. The van der Waals surface area contributed by atoms with Gasteiger partial charge in [0.05, 0.1) is 10.8 Å². The van der Waals surface area contributed by atoms with Gasteiger partial charge in [0.15, 0.2) is 0 Å². The molecule has 1 aliphatic rings. The molecular weight excluding hydrogens is 238 g/mol. The Labute approximate surface area is 103 Å². The summed E-state index contributed by atoms with van der Waals surface area (Å²) in [6, 6.07) is 1.60. The van der Waals surface area contributed by atoms with Crippen molar-refractivity contribution in [2.24, 2.45) is 5.92 Å². The Bertz CT molecular complexity index is 469. The van der Waals surface area contributed by atoms with Crippen LogP contribution in [0.15, 0.2) is 18.5 Å². The molecule has 1 aliphatic heterocycles. The molecule has 7 heteroatoms. The van der Waals surface area contributed by atoms with E-state index in [1.807, 2.05) is 4.90 Å². The Hall–Kier alpha value is -2.18. The van der Waals surface area contributed by atoms with Crippen LogP contribution in [-0.4, -0.2) is 34.1 Å². The van der Waals surface area contributed by atoms with E-state index in [2.05, 4.69) is 4.98 Å². The Morgan fingerprint density at radius 1 is 1.50 bits per heavy atom. The van der Waals surface area contributed by atoms with Crippen molar-refractivity contribution in [3.05, 3.63) is 28.6 Å². The number of nitro groups is 1. The molecule has 0 atom stereocenters. The van der Waals surface area contributed by atoms with E-state index in [1.54, 1.807) is 6.07 Å². The predicted molar refractivity (Wildman–Crippen MR) is 63.5 cm³/mol. The third-order valence-corrected chi connectivity index (χ3v) is 3.16. The molecular formula is C11H13N3O4. The molecule has 0 radical (unpaired) electrons. The second-order valence-electron chi connectivity index (χ2n) is 4.22. The van der Waals surface area contributed by atoms with Crippen molar-refractivity contribution in [2.45, 2.75) is 12.8 Å². The molecule has 2 heterocycles. The normalized spacial score (nSPS) is 16.6. The van der Waals surface area contributed by atoms with Crippen LogP contribution in [0.2, 0.25) is 0 Å². The number of rotatable bonds is 3. The maximum Gasteiger partial charge on any atom is 0.310 e. The van der Waals surface area contributed by atoms with Gasteiger partial charge in [-0.25, -0.2) is 0 Å². The Morgan fingerprint density at radius 3 is 2.72 bits per heavy atom. The number of hydrogen-bond donors (Lipinski definition) is 1. The molecule has 0 spiro atoms. The second-order valence-corrected chi connectivity index (χ2v) is 4.22. The van der Waals surface area contributed by atoms with E-state index in [4.69, 9.17) is 5.11 Å². The molecule has 0 bridgehead atoms. The molecule has 96 valence electrons. The van der Waals surface area contributed by atoms with Crippen molar-refractivity contribution >= 4 is 17.3 Å². The summed E-state index contributed by atoms with van der Waals surface area (Å²) < 4.78 is 0. The molecule has 1 saturated heterocycles. The number of hydrogen-bond acceptors (Lipinski definition) is 5. The average Bonchev–Trinajstić information content (AvgIpc) is 2.39. The first-order valence-corrected chi connectivity index (χ1v) is 5.65. The number of carboxylic acids is 1. The molecule has 1 aromatic heterocycles. The Balaban J connectivity index is 2.15. The Kier molecular flexibility index (Phi) is 3.40. The quantitative estimate of drug-likeness (QED) is 0.642. The number of anilines is 1. The summed E-state index contributed by atoms with van der Waals surface area (Å²) in [6.07, 6.45) is 3.74. The van der Waals surface area contributed by atoms with Gasteiger partial charge in [-0.15, -0.1) is 0 Å². The number of nitrogens with zero attached hydrogens (tertiary/aromatic N) is 3. The lowest BCUT2D eigenvalue weighted by Crippen LogP contribution is -2.36. The fraction of sp³-hybridized carbons (Fsp3) is 0.455. The third-order valence-electron chi connectivity index (χ3n) is 3.16. The SMILES string of the molecule is O=C(O)C1CCN(c2ccncc2[N+](=O)[O-])CC1. The summed E-state index contributed by atoms with van der Waals surface area (Å²) in [6.45, 7) is 1.03. The van der Waals surface area contributed by atoms with Crippen molar-refractivity contribution in [1.82, 2.24) is 4.98 Å². The van der Waals surface area contributed by atoms with Crippen LogP contribution in [0.3, 0.4) is 0 Å². The van der Waals surface area contributed by atoms with Gasteiger partial charge in [-0.3, -0.25) is 19.9 Å². The van der Waals surface area contributed by atoms with Gasteiger partial charge in [0.2, 0.25) is 0 Å². The van der Waals surface area contributed by atoms with Crippen LogP contribution < -0.4 is 4.90 Å². The maximum absolute atomic E-state index is 10.9. The molecule has 1 N–H and O–H groups in total. The molecule has 0 amide bonds. The van der Waals surface area contributed by atoms with Crippen molar-refractivity contribution in [2.75, 3.05) is 18.0 Å². The third kappa shape index (κ3) is 2.39. The number of carbonyl (C=O) groups is 1. The largest absolute Gasteiger partial charge is 0.481 e. The second kappa shape index (κ2) is 4.99. The van der Waals surface area contributed by atoms with Crippen LogP contribution in [0.4, 0.5) is 11.4 Å². The van der Waals surface area contributed by atoms with E-state index in [0.29, 0.717) is 31.6 Å². The number of piperidine rings is 1. The minimum atomic E-state index is -0.793. The molecule has 2 rings (SSSR count). The maximum atomic E-state index is 10.9. The highest BCUT2D eigenvalue weighted by atomic mass is 16.6. The van der Waals surface area contributed by atoms with Gasteiger partial charge >= 0.3 is 11.7 Å². The van der Waals surface area contributed by atoms with E-state index < -0.39 is 10.9 Å². The molecule has 1 fully saturated rings. The first-order chi connectivity index (χ1) is 8.59. The molecule has 0 saturated carbocycles. The van der Waals surface area contributed by atoms with Crippen molar-refractivity contribution in [1.29, 1.82) is 0 Å². The number of carboxylic acid groups (broad SMARTS) is 1. The van der Waals surface area contributed by atoms with Crippen LogP contribution in [0.1, 0.15) is 12.8 Å². The van der Waals surface area contributed by atoms with Gasteiger partial charge in [0.25, 0.3) is 0 Å². The van der Waals surface area contributed by atoms with Gasteiger partial charge in [-0.2, -0.15) is 0 Å². The van der Waals surface area contributed by atoms with Crippen LogP contribution in [-0.2, 0) is 4.79 Å². The van der Waals surface area contributed by atoms with Crippen LogP contribution in [0, 0.1) is 16.0 Å². The highest BCUT2D eigenvalue weighted by Crippen LogP contribution is 2.30. The van der Waals surface area contributed by atoms with Gasteiger partial charge in [0, 0.05) is 19.3 Å². The Morgan fingerprint density at radius 2 is 2.17 bits per heavy atom. The minimum absolute atomic E-state index is 0.0359. The van der Waals surface area contributed by atoms with E-state index in [9.17, 15) is 14.9 Å².